The molecule has 0 aliphatic carbocycles. The van der Waals surface area contributed by atoms with E-state index in [1.165, 1.54) is 5.56 Å². The van der Waals surface area contributed by atoms with E-state index in [2.05, 4.69) is 27.7 Å². The van der Waals surface area contributed by atoms with Crippen LogP contribution in [0.15, 0.2) is 42.5 Å². The van der Waals surface area contributed by atoms with Crippen molar-refractivity contribution in [3.63, 3.8) is 0 Å². The van der Waals surface area contributed by atoms with E-state index in [1.807, 2.05) is 32.0 Å². The van der Waals surface area contributed by atoms with E-state index in [4.69, 9.17) is 4.74 Å². The number of nitrogens with zero attached hydrogens (tertiary/aromatic N) is 1. The predicted octanol–water partition coefficient (Wildman–Crippen LogP) is 4.18. The smallest absolute Gasteiger partial charge is 0.408 e. The van der Waals surface area contributed by atoms with Crippen LogP contribution in [-0.2, 0) is 27.2 Å². The van der Waals surface area contributed by atoms with Gasteiger partial charge in [0.2, 0.25) is 11.8 Å². The molecule has 2 aromatic carbocycles. The van der Waals surface area contributed by atoms with Crippen LogP contribution in [0.1, 0.15) is 62.3 Å². The van der Waals surface area contributed by atoms with Crippen molar-refractivity contribution in [2.45, 2.75) is 84.4 Å². The highest BCUT2D eigenvalue weighted by molar-refractivity contribution is 6.01. The van der Waals surface area contributed by atoms with Gasteiger partial charge >= 0.3 is 6.09 Å². The van der Waals surface area contributed by atoms with E-state index in [0.29, 0.717) is 6.42 Å². The average molecular weight is 524 g/mol. The number of carbonyl (C=O) groups is 3. The highest BCUT2D eigenvalue weighted by Gasteiger charge is 2.33. The minimum Gasteiger partial charge on any atom is -0.508 e. The molecule has 1 fully saturated rings. The third kappa shape index (κ3) is 8.58. The Morgan fingerprint density at radius 1 is 1.11 bits per heavy atom. The second-order valence-electron chi connectivity index (χ2n) is 11.1. The Labute approximate surface area is 225 Å². The number of amides is 3. The lowest BCUT2D eigenvalue weighted by Crippen LogP contribution is -2.54. The first-order chi connectivity index (χ1) is 17.9. The van der Waals surface area contributed by atoms with Crippen LogP contribution in [0.3, 0.4) is 0 Å². The standard InChI is InChI=1S/C30H41N3O5/c1-20-17-23(34)18-21(2)24(20)19-25(31-29(37)38-30(3,4)5)27(35)32-28(36)26-14-10-16-33(26)15-9-13-22-11-7-6-8-12-22/h6-8,11-12,17-18,25-26,34H,9-10,13-16,19H2,1-5H3,(H,31,37)(H,32,35,36)/t25-,26+/m0/s1. The van der Waals surface area contributed by atoms with Crippen LogP contribution in [0.5, 0.6) is 5.75 Å². The topological polar surface area (TPSA) is 108 Å². The number of hydrogen-bond acceptors (Lipinski definition) is 6. The summed E-state index contributed by atoms with van der Waals surface area (Å²) in [5.74, 6) is -0.792. The number of nitrogens with one attached hydrogen (secondary N) is 2. The zero-order chi connectivity index (χ0) is 27.9. The van der Waals surface area contributed by atoms with Gasteiger partial charge < -0.3 is 15.2 Å². The molecule has 0 saturated carbocycles. The lowest BCUT2D eigenvalue weighted by Gasteiger charge is -2.26. The number of phenolic OH excluding ortho intramolecular Hbond substituents is 1. The van der Waals surface area contributed by atoms with Crippen LogP contribution in [-0.4, -0.2) is 58.7 Å². The molecule has 0 bridgehead atoms. The van der Waals surface area contributed by atoms with Crippen molar-refractivity contribution in [2.75, 3.05) is 13.1 Å². The lowest BCUT2D eigenvalue weighted by molar-refractivity contribution is -0.134. The van der Waals surface area contributed by atoms with Gasteiger partial charge in [-0.05, 0) is 108 Å². The molecule has 8 heteroatoms. The number of hydrogen-bond donors (Lipinski definition) is 3. The highest BCUT2D eigenvalue weighted by Crippen LogP contribution is 2.23. The van der Waals surface area contributed by atoms with Crippen molar-refractivity contribution in [1.82, 2.24) is 15.5 Å². The molecule has 0 aromatic heterocycles. The summed E-state index contributed by atoms with van der Waals surface area (Å²) in [6.45, 7) is 10.5. The number of alkyl carbamates (subject to hydrolysis) is 1. The zero-order valence-corrected chi connectivity index (χ0v) is 23.2. The minimum absolute atomic E-state index is 0.133. The predicted molar refractivity (Wildman–Crippen MR) is 147 cm³/mol. The molecule has 206 valence electrons. The molecule has 8 nitrogen and oxygen atoms in total. The molecule has 2 aromatic rings. The molecule has 38 heavy (non-hydrogen) atoms. The molecule has 1 aliphatic heterocycles. The van der Waals surface area contributed by atoms with Crippen LogP contribution in [0.25, 0.3) is 0 Å². The first-order valence-electron chi connectivity index (χ1n) is 13.3. The Morgan fingerprint density at radius 2 is 1.76 bits per heavy atom. The van der Waals surface area contributed by atoms with E-state index < -0.39 is 23.6 Å². The van der Waals surface area contributed by atoms with Crippen molar-refractivity contribution < 1.29 is 24.2 Å². The fraction of sp³-hybridized carbons (Fsp3) is 0.500. The van der Waals surface area contributed by atoms with Gasteiger partial charge in [0.1, 0.15) is 17.4 Å². The van der Waals surface area contributed by atoms with Gasteiger partial charge in [-0.3, -0.25) is 19.8 Å². The summed E-state index contributed by atoms with van der Waals surface area (Å²) in [6, 6.07) is 12.1. The third-order valence-corrected chi connectivity index (χ3v) is 6.76. The molecule has 0 unspecified atom stereocenters. The van der Waals surface area contributed by atoms with Crippen molar-refractivity contribution in [3.05, 3.63) is 64.7 Å². The monoisotopic (exact) mass is 523 g/mol. The summed E-state index contributed by atoms with van der Waals surface area (Å²) in [5.41, 5.74) is 2.92. The minimum atomic E-state index is -1.02. The molecule has 3 rings (SSSR count). The summed E-state index contributed by atoms with van der Waals surface area (Å²) in [6.07, 6.45) is 2.85. The number of aromatic hydroxyl groups is 1. The van der Waals surface area contributed by atoms with Crippen LogP contribution < -0.4 is 10.6 Å². The van der Waals surface area contributed by atoms with Gasteiger partial charge in [0.25, 0.3) is 0 Å². The van der Waals surface area contributed by atoms with Gasteiger partial charge in [0, 0.05) is 6.42 Å². The Morgan fingerprint density at radius 3 is 2.39 bits per heavy atom. The highest BCUT2D eigenvalue weighted by atomic mass is 16.6. The molecule has 0 radical (unpaired) electrons. The summed E-state index contributed by atoms with van der Waals surface area (Å²) < 4.78 is 5.38. The summed E-state index contributed by atoms with van der Waals surface area (Å²) in [5, 5.41) is 15.1. The van der Waals surface area contributed by atoms with Crippen LogP contribution in [0.2, 0.25) is 0 Å². The third-order valence-electron chi connectivity index (χ3n) is 6.76. The Kier molecular flexibility index (Phi) is 9.91. The maximum Gasteiger partial charge on any atom is 0.408 e. The first-order valence-corrected chi connectivity index (χ1v) is 13.3. The van der Waals surface area contributed by atoms with Gasteiger partial charge in [-0.25, -0.2) is 4.79 Å². The number of rotatable bonds is 9. The van der Waals surface area contributed by atoms with Gasteiger partial charge in [0.05, 0.1) is 6.04 Å². The molecule has 3 amide bonds. The van der Waals surface area contributed by atoms with Gasteiger partial charge in [0.15, 0.2) is 0 Å². The normalized spacial score (nSPS) is 16.6. The number of imide groups is 1. The average Bonchev–Trinajstić information content (AvgIpc) is 3.28. The molecule has 1 heterocycles. The second kappa shape index (κ2) is 12.9. The van der Waals surface area contributed by atoms with Crippen molar-refractivity contribution >= 4 is 17.9 Å². The van der Waals surface area contributed by atoms with Crippen molar-refractivity contribution in [2.24, 2.45) is 0 Å². The molecule has 0 spiro atoms. The summed E-state index contributed by atoms with van der Waals surface area (Å²) in [4.78, 5) is 41.2. The maximum absolute atomic E-state index is 13.3. The number of carbonyl (C=O) groups excluding carboxylic acids is 3. The Bertz CT molecular complexity index is 1100. The van der Waals surface area contributed by atoms with Crippen LogP contribution in [0.4, 0.5) is 4.79 Å². The number of benzene rings is 2. The summed E-state index contributed by atoms with van der Waals surface area (Å²) >= 11 is 0. The van der Waals surface area contributed by atoms with E-state index in [9.17, 15) is 19.5 Å². The van der Waals surface area contributed by atoms with Gasteiger partial charge in [-0.15, -0.1) is 0 Å². The number of phenols is 1. The SMILES string of the molecule is Cc1cc(O)cc(C)c1C[C@H](NC(=O)OC(C)(C)C)C(=O)NC(=O)[C@H]1CCCN1CCCc1ccccc1. The van der Waals surface area contributed by atoms with E-state index in [-0.39, 0.29) is 24.1 Å². The Balaban J connectivity index is 1.67. The number of ether oxygens (including phenoxy) is 1. The van der Waals surface area contributed by atoms with Gasteiger partial charge in [-0.1, -0.05) is 30.3 Å². The van der Waals surface area contributed by atoms with E-state index >= 15 is 0 Å². The summed E-state index contributed by atoms with van der Waals surface area (Å²) in [7, 11) is 0. The first kappa shape index (κ1) is 29.2. The zero-order valence-electron chi connectivity index (χ0n) is 23.2. The number of aryl methyl sites for hydroxylation is 3. The molecule has 1 saturated heterocycles. The lowest BCUT2D eigenvalue weighted by atomic mass is 9.95. The molecule has 1 aliphatic rings. The fourth-order valence-corrected chi connectivity index (χ4v) is 4.97. The van der Waals surface area contributed by atoms with Crippen molar-refractivity contribution in [1.29, 1.82) is 0 Å². The quantitative estimate of drug-likeness (QED) is 0.455. The number of likely N-dealkylation sites (tertiary alicyclic amines) is 1. The van der Waals surface area contributed by atoms with E-state index in [1.54, 1.807) is 32.9 Å². The molecular weight excluding hydrogens is 482 g/mol. The molecular formula is C30H41N3O5. The largest absolute Gasteiger partial charge is 0.508 e. The van der Waals surface area contributed by atoms with Crippen LogP contribution >= 0.6 is 0 Å². The molecule has 2 atom stereocenters. The van der Waals surface area contributed by atoms with Gasteiger partial charge in [-0.2, -0.15) is 0 Å². The van der Waals surface area contributed by atoms with Crippen LogP contribution in [0, 0.1) is 13.8 Å². The van der Waals surface area contributed by atoms with E-state index in [0.717, 1.165) is 49.0 Å². The maximum atomic E-state index is 13.3. The van der Waals surface area contributed by atoms with Crippen molar-refractivity contribution in [3.8, 4) is 5.75 Å². The fourth-order valence-electron chi connectivity index (χ4n) is 4.97. The Hall–Kier alpha value is -3.39. The second-order valence-corrected chi connectivity index (χ2v) is 11.1. The molecule has 3 N–H and O–H groups in total.